The van der Waals surface area contributed by atoms with Crippen molar-refractivity contribution in [2.75, 3.05) is 33.2 Å². The number of sulfonamides is 1. The van der Waals surface area contributed by atoms with Gasteiger partial charge in [0, 0.05) is 44.8 Å². The number of nitrogens with zero attached hydrogens (tertiary/aromatic N) is 3. The van der Waals surface area contributed by atoms with Gasteiger partial charge in [-0.05, 0) is 50.2 Å². The van der Waals surface area contributed by atoms with E-state index in [0.717, 1.165) is 0 Å². The van der Waals surface area contributed by atoms with Crippen LogP contribution in [-0.4, -0.2) is 73.6 Å². The molecule has 1 heterocycles. The first-order valence-electron chi connectivity index (χ1n) is 10.1. The van der Waals surface area contributed by atoms with Gasteiger partial charge in [0.05, 0.1) is 20.5 Å². The van der Waals surface area contributed by atoms with Gasteiger partial charge in [0.1, 0.15) is 0 Å². The highest BCUT2D eigenvalue weighted by Crippen LogP contribution is 2.27. The Morgan fingerprint density at radius 2 is 1.44 bits per heavy atom. The second-order valence-electron chi connectivity index (χ2n) is 7.83. The Labute approximate surface area is 198 Å². The molecule has 0 aliphatic carbocycles. The molecular weight excluding hydrogens is 473 g/mol. The van der Waals surface area contributed by atoms with E-state index in [9.17, 15) is 18.0 Å². The third kappa shape index (κ3) is 4.93. The minimum Gasteiger partial charge on any atom is -0.335 e. The summed E-state index contributed by atoms with van der Waals surface area (Å²) in [6, 6.07) is 10.7. The predicted molar refractivity (Wildman–Crippen MR) is 125 cm³/mol. The smallest absolute Gasteiger partial charge is 0.255 e. The lowest BCUT2D eigenvalue weighted by molar-refractivity contribution is 0.0535. The van der Waals surface area contributed by atoms with Crippen LogP contribution in [0.25, 0.3) is 0 Å². The molecule has 0 spiro atoms. The van der Waals surface area contributed by atoms with Crippen LogP contribution in [0.4, 0.5) is 0 Å². The van der Waals surface area contributed by atoms with Gasteiger partial charge in [-0.1, -0.05) is 29.3 Å². The summed E-state index contributed by atoms with van der Waals surface area (Å²) in [6.45, 7) is 5.02. The molecule has 0 atom stereocenters. The molecule has 1 aliphatic rings. The molecule has 0 saturated carbocycles. The molecule has 0 bridgehead atoms. The highest BCUT2D eigenvalue weighted by molar-refractivity contribution is 7.89. The summed E-state index contributed by atoms with van der Waals surface area (Å²) < 4.78 is 26.5. The fourth-order valence-corrected chi connectivity index (χ4v) is 5.10. The fourth-order valence-electron chi connectivity index (χ4n) is 3.35. The first kappa shape index (κ1) is 24.5. The molecule has 1 aliphatic heterocycles. The van der Waals surface area contributed by atoms with Gasteiger partial charge >= 0.3 is 0 Å². The number of hydrogen-bond acceptors (Lipinski definition) is 4. The zero-order valence-electron chi connectivity index (χ0n) is 18.1. The van der Waals surface area contributed by atoms with E-state index in [1.54, 1.807) is 41.8 Å². The Morgan fingerprint density at radius 1 is 0.906 bits per heavy atom. The topological polar surface area (TPSA) is 78.0 Å². The molecule has 0 aromatic heterocycles. The predicted octanol–water partition coefficient (Wildman–Crippen LogP) is 3.62. The van der Waals surface area contributed by atoms with Crippen molar-refractivity contribution in [3.05, 3.63) is 63.6 Å². The monoisotopic (exact) mass is 497 g/mol. The maximum absolute atomic E-state index is 12.9. The zero-order chi connectivity index (χ0) is 23.6. The molecule has 7 nitrogen and oxygen atoms in total. The van der Waals surface area contributed by atoms with Gasteiger partial charge in [-0.25, -0.2) is 8.42 Å². The van der Waals surface area contributed by atoms with E-state index < -0.39 is 10.0 Å². The van der Waals surface area contributed by atoms with E-state index in [1.807, 2.05) is 0 Å². The van der Waals surface area contributed by atoms with E-state index in [1.165, 1.54) is 35.6 Å². The number of benzene rings is 2. The Morgan fingerprint density at radius 3 is 1.97 bits per heavy atom. The van der Waals surface area contributed by atoms with Crippen LogP contribution >= 0.6 is 23.2 Å². The minimum atomic E-state index is -3.61. The summed E-state index contributed by atoms with van der Waals surface area (Å²) in [4.78, 5) is 29.1. The average Bonchev–Trinajstić information content (AvgIpc) is 2.79. The molecule has 2 aromatic carbocycles. The van der Waals surface area contributed by atoms with Gasteiger partial charge in [0.25, 0.3) is 11.8 Å². The molecule has 10 heteroatoms. The summed E-state index contributed by atoms with van der Waals surface area (Å²) in [5.74, 6) is -0.438. The molecule has 0 N–H and O–H groups in total. The van der Waals surface area contributed by atoms with Crippen LogP contribution in [0.2, 0.25) is 10.0 Å². The van der Waals surface area contributed by atoms with Crippen molar-refractivity contribution in [1.82, 2.24) is 14.1 Å². The van der Waals surface area contributed by atoms with Crippen LogP contribution in [0.15, 0.2) is 47.4 Å². The normalized spacial score (nSPS) is 14.8. The highest BCUT2D eigenvalue weighted by Gasteiger charge is 2.28. The summed E-state index contributed by atoms with van der Waals surface area (Å²) >= 11 is 12.2. The van der Waals surface area contributed by atoms with Crippen molar-refractivity contribution < 1.29 is 18.0 Å². The molecule has 1 fully saturated rings. The van der Waals surface area contributed by atoms with Crippen LogP contribution in [0.5, 0.6) is 0 Å². The van der Waals surface area contributed by atoms with Crippen LogP contribution in [0, 0.1) is 0 Å². The third-order valence-electron chi connectivity index (χ3n) is 5.54. The van der Waals surface area contributed by atoms with Crippen molar-refractivity contribution >= 4 is 45.0 Å². The summed E-state index contributed by atoms with van der Waals surface area (Å²) in [7, 11) is -2.09. The maximum Gasteiger partial charge on any atom is 0.255 e. The van der Waals surface area contributed by atoms with Gasteiger partial charge in [0.2, 0.25) is 10.0 Å². The van der Waals surface area contributed by atoms with E-state index in [4.69, 9.17) is 23.2 Å². The quantitative estimate of drug-likeness (QED) is 0.631. The Bertz CT molecular complexity index is 1110. The minimum absolute atomic E-state index is 0.138. The Hall–Kier alpha value is -2.13. The lowest BCUT2D eigenvalue weighted by Crippen LogP contribution is -2.50. The van der Waals surface area contributed by atoms with E-state index in [0.29, 0.717) is 42.3 Å². The third-order valence-corrected chi connectivity index (χ3v) is 8.41. The molecule has 2 aromatic rings. The lowest BCUT2D eigenvalue weighted by atomic mass is 10.1. The summed E-state index contributed by atoms with van der Waals surface area (Å²) in [6.07, 6.45) is 0. The van der Waals surface area contributed by atoms with Crippen molar-refractivity contribution in [1.29, 1.82) is 0 Å². The van der Waals surface area contributed by atoms with Crippen LogP contribution in [0.1, 0.15) is 34.6 Å². The van der Waals surface area contributed by atoms with E-state index in [2.05, 4.69) is 0 Å². The van der Waals surface area contributed by atoms with Crippen LogP contribution in [0.3, 0.4) is 0 Å². The molecule has 172 valence electrons. The molecular formula is C22H25Cl2N3O4S. The highest BCUT2D eigenvalue weighted by atomic mass is 35.5. The first-order valence-corrected chi connectivity index (χ1v) is 12.3. The van der Waals surface area contributed by atoms with Gasteiger partial charge in [-0.2, -0.15) is 4.31 Å². The number of amides is 2. The van der Waals surface area contributed by atoms with E-state index in [-0.39, 0.29) is 27.8 Å². The van der Waals surface area contributed by atoms with Crippen molar-refractivity contribution in [2.24, 2.45) is 0 Å². The summed E-state index contributed by atoms with van der Waals surface area (Å²) in [5.41, 5.74) is 0.732. The van der Waals surface area contributed by atoms with Gasteiger partial charge < -0.3 is 9.80 Å². The number of hydrogen-bond donors (Lipinski definition) is 0. The molecule has 3 rings (SSSR count). The second kappa shape index (κ2) is 9.79. The first-order chi connectivity index (χ1) is 15.0. The molecule has 1 saturated heterocycles. The molecule has 32 heavy (non-hydrogen) atoms. The van der Waals surface area contributed by atoms with Crippen LogP contribution < -0.4 is 0 Å². The van der Waals surface area contributed by atoms with Gasteiger partial charge in [-0.15, -0.1) is 0 Å². The SMILES string of the molecule is CC(C)N(C)S(=O)(=O)c1ccc(C(=O)N2CCN(C(=O)c3cccc(Cl)c3Cl)CC2)cc1. The van der Waals surface area contributed by atoms with E-state index >= 15 is 0 Å². The fraction of sp³-hybridized carbons (Fsp3) is 0.364. The molecule has 0 radical (unpaired) electrons. The molecule has 2 amide bonds. The number of halogens is 2. The maximum atomic E-state index is 12.9. The van der Waals surface area contributed by atoms with Crippen molar-refractivity contribution in [2.45, 2.75) is 24.8 Å². The standard InChI is InChI=1S/C22H25Cl2N3O4S/c1-15(2)25(3)32(30,31)17-9-7-16(8-10-17)21(28)26-11-13-27(14-12-26)22(29)18-5-4-6-19(23)20(18)24/h4-10,15H,11-14H2,1-3H3. The van der Waals surface area contributed by atoms with Gasteiger partial charge in [0.15, 0.2) is 0 Å². The summed E-state index contributed by atoms with van der Waals surface area (Å²) in [5, 5.41) is 0.534. The zero-order valence-corrected chi connectivity index (χ0v) is 20.4. The second-order valence-corrected chi connectivity index (χ2v) is 10.6. The van der Waals surface area contributed by atoms with Crippen molar-refractivity contribution in [3.63, 3.8) is 0 Å². The van der Waals surface area contributed by atoms with Crippen molar-refractivity contribution in [3.8, 4) is 0 Å². The van der Waals surface area contributed by atoms with Gasteiger partial charge in [-0.3, -0.25) is 9.59 Å². The lowest BCUT2D eigenvalue weighted by Gasteiger charge is -2.35. The number of carbonyl (C=O) groups is 2. The number of piperazine rings is 1. The molecule has 0 unspecified atom stereocenters. The van der Waals surface area contributed by atoms with Crippen LogP contribution in [-0.2, 0) is 10.0 Å². The number of carbonyl (C=O) groups excluding carboxylic acids is 2. The average molecular weight is 498 g/mol. The Balaban J connectivity index is 1.65. The number of rotatable bonds is 5. The largest absolute Gasteiger partial charge is 0.335 e. The Kier molecular flexibility index (Phi) is 7.50.